The Kier molecular flexibility index (Phi) is 5.02. The number of alkyl halides is 3. The lowest BCUT2D eigenvalue weighted by Gasteiger charge is -2.16. The van der Waals surface area contributed by atoms with Crippen molar-refractivity contribution in [3.63, 3.8) is 0 Å². The summed E-state index contributed by atoms with van der Waals surface area (Å²) in [6, 6.07) is 1.63. The highest BCUT2D eigenvalue weighted by atomic mass is 19.4. The maximum atomic E-state index is 13.6. The Bertz CT molecular complexity index is 640. The molecule has 0 spiro atoms. The van der Waals surface area contributed by atoms with Crippen LogP contribution in [-0.2, 0) is 15.7 Å². The second kappa shape index (κ2) is 6.80. The van der Waals surface area contributed by atoms with E-state index in [1.165, 1.54) is 0 Å². The summed E-state index contributed by atoms with van der Waals surface area (Å²) in [5, 5.41) is 1.92. The number of esters is 1. The van der Waals surface area contributed by atoms with Crippen molar-refractivity contribution in [2.24, 2.45) is 5.92 Å². The van der Waals surface area contributed by atoms with Crippen LogP contribution in [0, 0.1) is 11.7 Å². The first-order valence-electron chi connectivity index (χ1n) is 6.82. The lowest BCUT2D eigenvalue weighted by molar-refractivity contribution is -0.141. The van der Waals surface area contributed by atoms with Gasteiger partial charge in [0.25, 0.3) is 0 Å². The minimum absolute atomic E-state index is 0.253. The van der Waals surface area contributed by atoms with Crippen LogP contribution in [0.5, 0.6) is 0 Å². The first-order chi connectivity index (χ1) is 10.8. The summed E-state index contributed by atoms with van der Waals surface area (Å²) in [5.41, 5.74) is -1.68. The molecular weight excluding hydrogens is 318 g/mol. The van der Waals surface area contributed by atoms with Crippen LogP contribution >= 0.6 is 0 Å². The molecule has 0 aliphatic heterocycles. The number of halogens is 4. The van der Waals surface area contributed by atoms with Gasteiger partial charge in [-0.3, -0.25) is 10.1 Å². The van der Waals surface area contributed by atoms with E-state index in [1.54, 1.807) is 6.08 Å². The van der Waals surface area contributed by atoms with E-state index in [0.717, 1.165) is 6.07 Å². The molecule has 0 radical (unpaired) electrons. The number of benzene rings is 1. The molecule has 1 atom stereocenters. The van der Waals surface area contributed by atoms with Crippen LogP contribution in [0.25, 0.3) is 0 Å². The summed E-state index contributed by atoms with van der Waals surface area (Å²) >= 11 is 0. The van der Waals surface area contributed by atoms with Crippen molar-refractivity contribution in [2.45, 2.75) is 25.4 Å². The van der Waals surface area contributed by atoms with Crippen molar-refractivity contribution in [3.8, 4) is 0 Å². The summed E-state index contributed by atoms with van der Waals surface area (Å²) in [6.07, 6.45) is -0.551. The van der Waals surface area contributed by atoms with E-state index in [9.17, 15) is 27.2 Å². The first-order valence-corrected chi connectivity index (χ1v) is 6.82. The Morgan fingerprint density at radius 1 is 1.22 bits per heavy atom. The maximum Gasteiger partial charge on any atom is 0.419 e. The van der Waals surface area contributed by atoms with Gasteiger partial charge < -0.3 is 4.74 Å². The van der Waals surface area contributed by atoms with Crippen LogP contribution in [0.15, 0.2) is 30.4 Å². The molecule has 4 nitrogen and oxygen atoms in total. The van der Waals surface area contributed by atoms with Gasteiger partial charge in [-0.05, 0) is 37.5 Å². The third-order valence-corrected chi connectivity index (χ3v) is 3.33. The van der Waals surface area contributed by atoms with Crippen molar-refractivity contribution in [2.75, 3.05) is 5.32 Å². The number of carbonyl (C=O) groups is 2. The van der Waals surface area contributed by atoms with E-state index in [2.05, 4.69) is 4.74 Å². The molecule has 0 aromatic heterocycles. The smallest absolute Gasteiger partial charge is 0.376 e. The minimum atomic E-state index is -4.69. The number of nitrogens with one attached hydrogen (secondary N) is 1. The minimum Gasteiger partial charge on any atom is -0.376 e. The molecule has 0 heterocycles. The van der Waals surface area contributed by atoms with Gasteiger partial charge in [-0.25, -0.2) is 9.18 Å². The second-order valence-corrected chi connectivity index (χ2v) is 5.01. The van der Waals surface area contributed by atoms with Gasteiger partial charge in [0.15, 0.2) is 0 Å². The highest BCUT2D eigenvalue weighted by molar-refractivity contribution is 5.93. The number of hydrogen-bond donors (Lipinski definition) is 1. The van der Waals surface area contributed by atoms with Crippen LogP contribution in [0.2, 0.25) is 0 Å². The Balaban J connectivity index is 1.97. The van der Waals surface area contributed by atoms with Gasteiger partial charge in [-0.2, -0.15) is 13.2 Å². The number of allylic oxidation sites excluding steroid dienone is 2. The predicted octanol–water partition coefficient (Wildman–Crippen LogP) is 4.28. The average Bonchev–Trinajstić information content (AvgIpc) is 2.49. The fourth-order valence-electron chi connectivity index (χ4n) is 2.11. The zero-order valence-corrected chi connectivity index (χ0v) is 11.8. The van der Waals surface area contributed by atoms with Gasteiger partial charge in [-0.1, -0.05) is 12.2 Å². The molecule has 0 fully saturated rings. The lowest BCUT2D eigenvalue weighted by atomic mass is 9.95. The van der Waals surface area contributed by atoms with Gasteiger partial charge >= 0.3 is 18.2 Å². The van der Waals surface area contributed by atoms with Crippen LogP contribution in [0.3, 0.4) is 0 Å². The van der Waals surface area contributed by atoms with Crippen molar-refractivity contribution in [1.29, 1.82) is 0 Å². The van der Waals surface area contributed by atoms with Gasteiger partial charge in [0.1, 0.15) is 5.82 Å². The number of anilines is 1. The lowest BCUT2D eigenvalue weighted by Crippen LogP contribution is -2.25. The molecule has 23 heavy (non-hydrogen) atoms. The molecule has 8 heteroatoms. The van der Waals surface area contributed by atoms with Crippen molar-refractivity contribution in [3.05, 3.63) is 41.7 Å². The van der Waals surface area contributed by atoms with Crippen molar-refractivity contribution in [1.82, 2.24) is 0 Å². The zero-order valence-electron chi connectivity index (χ0n) is 11.8. The Morgan fingerprint density at radius 3 is 2.52 bits per heavy atom. The molecule has 1 amide bonds. The number of hydrogen-bond acceptors (Lipinski definition) is 3. The van der Waals surface area contributed by atoms with Crippen molar-refractivity contribution >= 4 is 17.7 Å². The third kappa shape index (κ3) is 4.54. The van der Waals surface area contributed by atoms with Crippen LogP contribution in [0.1, 0.15) is 24.8 Å². The molecule has 1 aromatic carbocycles. The molecule has 1 N–H and O–H groups in total. The number of amides is 1. The first kappa shape index (κ1) is 17.0. The molecule has 1 aromatic rings. The Morgan fingerprint density at radius 2 is 1.96 bits per heavy atom. The summed E-state index contributed by atoms with van der Waals surface area (Å²) in [4.78, 5) is 23.2. The van der Waals surface area contributed by atoms with Gasteiger partial charge in [0, 0.05) is 0 Å². The van der Waals surface area contributed by atoms with E-state index < -0.39 is 41.2 Å². The van der Waals surface area contributed by atoms with Gasteiger partial charge in [0.2, 0.25) is 0 Å². The number of rotatable bonds is 2. The molecule has 0 saturated heterocycles. The summed E-state index contributed by atoms with van der Waals surface area (Å²) in [7, 11) is 0. The Hall–Kier alpha value is -2.38. The topological polar surface area (TPSA) is 55.4 Å². The standard InChI is InChI=1S/C15H13F4NO3/c16-11-8-10(15(17,18)19)6-7-12(11)20-14(22)23-13(21)9-4-2-1-3-5-9/h1-2,6-9H,3-5H2,(H,20,22). The highest BCUT2D eigenvalue weighted by Crippen LogP contribution is 2.31. The molecule has 0 bridgehead atoms. The predicted molar refractivity (Wildman–Crippen MR) is 73.0 cm³/mol. The third-order valence-electron chi connectivity index (χ3n) is 3.33. The molecule has 1 unspecified atom stereocenters. The fraction of sp³-hybridized carbons (Fsp3) is 0.333. The number of ether oxygens (including phenoxy) is 1. The van der Waals surface area contributed by atoms with Crippen LogP contribution in [-0.4, -0.2) is 12.1 Å². The summed E-state index contributed by atoms with van der Waals surface area (Å²) in [5.74, 6) is -2.48. The van der Waals surface area contributed by atoms with Crippen LogP contribution in [0.4, 0.5) is 28.0 Å². The van der Waals surface area contributed by atoms with E-state index in [-0.39, 0.29) is 6.07 Å². The molecular formula is C15H13F4NO3. The largest absolute Gasteiger partial charge is 0.419 e. The molecule has 0 saturated carbocycles. The van der Waals surface area contributed by atoms with Gasteiger partial charge in [0.05, 0.1) is 17.2 Å². The van der Waals surface area contributed by atoms with Crippen LogP contribution < -0.4 is 5.32 Å². The Labute approximate surface area is 129 Å². The fourth-order valence-corrected chi connectivity index (χ4v) is 2.11. The molecule has 2 rings (SSSR count). The van der Waals surface area contributed by atoms with Crippen molar-refractivity contribution < 1.29 is 31.9 Å². The number of carbonyl (C=O) groups excluding carboxylic acids is 2. The van der Waals surface area contributed by atoms with E-state index in [0.29, 0.717) is 25.3 Å². The van der Waals surface area contributed by atoms with E-state index in [1.807, 2.05) is 11.4 Å². The maximum absolute atomic E-state index is 13.6. The van der Waals surface area contributed by atoms with Gasteiger partial charge in [-0.15, -0.1) is 0 Å². The summed E-state index contributed by atoms with van der Waals surface area (Å²) < 4.78 is 55.3. The SMILES string of the molecule is O=C(Nc1ccc(C(F)(F)F)cc1F)OC(=O)C1CC=CCC1. The second-order valence-electron chi connectivity index (χ2n) is 5.01. The van der Waals surface area contributed by atoms with E-state index >= 15 is 0 Å². The van der Waals surface area contributed by atoms with E-state index in [4.69, 9.17) is 0 Å². The highest BCUT2D eigenvalue weighted by Gasteiger charge is 2.31. The monoisotopic (exact) mass is 331 g/mol. The average molecular weight is 331 g/mol. The molecule has 1 aliphatic rings. The molecule has 1 aliphatic carbocycles. The normalized spacial score (nSPS) is 17.7. The zero-order chi connectivity index (χ0) is 17.0. The summed E-state index contributed by atoms with van der Waals surface area (Å²) in [6.45, 7) is 0. The molecule has 124 valence electrons. The quantitative estimate of drug-likeness (QED) is 0.381.